The molecule has 1 saturated heterocycles. The summed E-state index contributed by atoms with van der Waals surface area (Å²) < 4.78 is 2.26. The second-order valence-electron chi connectivity index (χ2n) is 8.93. The van der Waals surface area contributed by atoms with Gasteiger partial charge in [-0.2, -0.15) is 9.97 Å². The minimum absolute atomic E-state index is 0.513. The first-order valence-corrected chi connectivity index (χ1v) is 11.9. The Morgan fingerprint density at radius 3 is 2.39 bits per heavy atom. The Bertz CT molecular complexity index is 1220. The number of anilines is 2. The fraction of sp³-hybridized carbons (Fsp3) is 0.346. The van der Waals surface area contributed by atoms with E-state index in [2.05, 4.69) is 68.6 Å². The third-order valence-electron chi connectivity index (χ3n) is 6.80. The molecule has 2 aromatic heterocycles. The average molecular weight is 440 g/mol. The van der Waals surface area contributed by atoms with Crippen LogP contribution < -0.4 is 15.5 Å². The number of nitrogens with zero attached hydrogens (tertiary/aromatic N) is 5. The molecule has 0 spiro atoms. The third-order valence-corrected chi connectivity index (χ3v) is 6.80. The van der Waals surface area contributed by atoms with Crippen LogP contribution >= 0.6 is 0 Å². The van der Waals surface area contributed by atoms with Gasteiger partial charge in [0.25, 0.3) is 0 Å². The molecular formula is C26H29N7. The molecule has 7 nitrogen and oxygen atoms in total. The molecule has 168 valence electrons. The van der Waals surface area contributed by atoms with Gasteiger partial charge in [-0.3, -0.25) is 0 Å². The smallest absolute Gasteiger partial charge is 0.229 e. The molecule has 0 atom stereocenters. The minimum atomic E-state index is 0.513. The molecule has 0 amide bonds. The summed E-state index contributed by atoms with van der Waals surface area (Å²) in [6, 6.07) is 19.7. The third kappa shape index (κ3) is 4.04. The highest BCUT2D eigenvalue weighted by molar-refractivity contribution is 5.84. The highest BCUT2D eigenvalue weighted by Gasteiger charge is 2.25. The van der Waals surface area contributed by atoms with Gasteiger partial charge in [0, 0.05) is 38.8 Å². The Balaban J connectivity index is 1.28. The molecule has 1 aliphatic heterocycles. The van der Waals surface area contributed by atoms with E-state index in [1.54, 1.807) is 0 Å². The number of fused-ring (bicyclic) bond motifs is 1. The van der Waals surface area contributed by atoms with Crippen LogP contribution in [0.15, 0.2) is 60.9 Å². The van der Waals surface area contributed by atoms with Crippen molar-refractivity contribution in [3.05, 3.63) is 66.5 Å². The number of hydrogen-bond acceptors (Lipinski definition) is 6. The highest BCUT2D eigenvalue weighted by Crippen LogP contribution is 2.35. The van der Waals surface area contributed by atoms with Gasteiger partial charge in [-0.05, 0) is 36.0 Å². The van der Waals surface area contributed by atoms with Crippen LogP contribution in [0.1, 0.15) is 30.9 Å². The van der Waals surface area contributed by atoms with Gasteiger partial charge in [0.1, 0.15) is 0 Å². The van der Waals surface area contributed by atoms with Gasteiger partial charge in [0.15, 0.2) is 17.0 Å². The summed E-state index contributed by atoms with van der Waals surface area (Å²) in [5.41, 5.74) is 5.48. The number of piperazine rings is 1. The van der Waals surface area contributed by atoms with Crippen molar-refractivity contribution in [3.63, 3.8) is 0 Å². The highest BCUT2D eigenvalue weighted by atomic mass is 15.3. The van der Waals surface area contributed by atoms with Gasteiger partial charge < -0.3 is 20.1 Å². The van der Waals surface area contributed by atoms with Crippen molar-refractivity contribution in [2.24, 2.45) is 0 Å². The van der Waals surface area contributed by atoms with Crippen LogP contribution in [0.3, 0.4) is 0 Å². The van der Waals surface area contributed by atoms with E-state index in [1.165, 1.54) is 36.0 Å². The predicted molar refractivity (Wildman–Crippen MR) is 132 cm³/mol. The summed E-state index contributed by atoms with van der Waals surface area (Å²) in [5.74, 6) is 1.62. The second kappa shape index (κ2) is 8.83. The van der Waals surface area contributed by atoms with Crippen LogP contribution in [0.2, 0.25) is 0 Å². The van der Waals surface area contributed by atoms with Crippen molar-refractivity contribution >= 4 is 22.9 Å². The van der Waals surface area contributed by atoms with Crippen molar-refractivity contribution in [1.29, 1.82) is 0 Å². The molecule has 2 aliphatic rings. The minimum Gasteiger partial charge on any atom is -0.364 e. The number of aromatic nitrogens is 4. The number of nitrogens with one attached hydrogen (secondary N) is 2. The largest absolute Gasteiger partial charge is 0.364 e. The molecule has 33 heavy (non-hydrogen) atoms. The number of imidazole rings is 1. The molecule has 2 N–H and O–H groups in total. The Morgan fingerprint density at radius 2 is 1.67 bits per heavy atom. The molecule has 6 rings (SSSR count). The van der Waals surface area contributed by atoms with Crippen LogP contribution in [-0.2, 0) is 6.54 Å². The van der Waals surface area contributed by atoms with Crippen molar-refractivity contribution in [2.75, 3.05) is 36.4 Å². The lowest BCUT2D eigenvalue weighted by Crippen LogP contribution is -2.44. The summed E-state index contributed by atoms with van der Waals surface area (Å²) in [6.07, 6.45) is 5.64. The quantitative estimate of drug-likeness (QED) is 0.468. The molecule has 7 heteroatoms. The monoisotopic (exact) mass is 439 g/mol. The Kier molecular flexibility index (Phi) is 5.40. The zero-order valence-corrected chi connectivity index (χ0v) is 18.7. The molecule has 0 unspecified atom stereocenters. The normalized spacial score (nSPS) is 16.7. The van der Waals surface area contributed by atoms with Crippen LogP contribution in [0.5, 0.6) is 0 Å². The van der Waals surface area contributed by atoms with Crippen molar-refractivity contribution in [2.45, 2.75) is 31.8 Å². The fourth-order valence-corrected chi connectivity index (χ4v) is 4.60. The second-order valence-corrected chi connectivity index (χ2v) is 8.93. The zero-order valence-electron chi connectivity index (χ0n) is 18.7. The number of hydrogen-bond donors (Lipinski definition) is 2. The van der Waals surface area contributed by atoms with E-state index in [1.807, 2.05) is 12.4 Å². The topological polar surface area (TPSA) is 70.9 Å². The van der Waals surface area contributed by atoms with E-state index in [4.69, 9.17) is 15.0 Å². The van der Waals surface area contributed by atoms with Crippen LogP contribution in [0.25, 0.3) is 22.3 Å². The molecule has 0 bridgehead atoms. The van der Waals surface area contributed by atoms with E-state index in [-0.39, 0.29) is 0 Å². The van der Waals surface area contributed by atoms with Gasteiger partial charge in [0.2, 0.25) is 5.95 Å². The van der Waals surface area contributed by atoms with Gasteiger partial charge in [-0.1, -0.05) is 54.6 Å². The summed E-state index contributed by atoms with van der Waals surface area (Å²) in [5, 5.41) is 6.97. The lowest BCUT2D eigenvalue weighted by atomic mass is 9.93. The molecule has 2 fully saturated rings. The molecule has 4 aromatic rings. The maximum atomic E-state index is 4.97. The maximum absolute atomic E-state index is 4.97. The van der Waals surface area contributed by atoms with E-state index >= 15 is 0 Å². The van der Waals surface area contributed by atoms with E-state index in [0.717, 1.165) is 49.1 Å². The van der Waals surface area contributed by atoms with Gasteiger partial charge in [-0.15, -0.1) is 0 Å². The average Bonchev–Trinajstić information content (AvgIpc) is 3.26. The van der Waals surface area contributed by atoms with E-state index in [0.29, 0.717) is 12.6 Å². The van der Waals surface area contributed by atoms with E-state index in [9.17, 15) is 0 Å². The van der Waals surface area contributed by atoms with Gasteiger partial charge >= 0.3 is 0 Å². The molecule has 1 saturated carbocycles. The lowest BCUT2D eigenvalue weighted by Gasteiger charge is -2.29. The van der Waals surface area contributed by atoms with Gasteiger partial charge in [0.05, 0.1) is 6.33 Å². The summed E-state index contributed by atoms with van der Waals surface area (Å²) in [6.45, 7) is 4.45. The first kappa shape index (κ1) is 20.2. The lowest BCUT2D eigenvalue weighted by molar-refractivity contribution is 0.319. The summed E-state index contributed by atoms with van der Waals surface area (Å²) >= 11 is 0. The Labute approximate surface area is 193 Å². The standard InChI is InChI=1S/C26H29N7/c1-2-5-20(6-3-1)21-11-9-19(10-12-21)17-28-24-23-25(33(18-29-23)22-7-4-8-22)31-26(30-24)32-15-13-27-14-16-32/h1-3,5-6,9-12,18,22,27H,4,7-8,13-17H2,(H,28,30,31). The number of rotatable bonds is 6. The summed E-state index contributed by atoms with van der Waals surface area (Å²) in [4.78, 5) is 16.9. The molecule has 0 radical (unpaired) electrons. The first-order chi connectivity index (χ1) is 16.3. The molecule has 3 heterocycles. The van der Waals surface area contributed by atoms with E-state index < -0.39 is 0 Å². The van der Waals surface area contributed by atoms with Crippen LogP contribution in [-0.4, -0.2) is 45.7 Å². The summed E-state index contributed by atoms with van der Waals surface area (Å²) in [7, 11) is 0. The maximum Gasteiger partial charge on any atom is 0.229 e. The molecule has 1 aliphatic carbocycles. The SMILES string of the molecule is c1ccc(-c2ccc(CNc3nc(N4CCNCC4)nc4c3ncn4C3CCC3)cc2)cc1. The van der Waals surface area contributed by atoms with Crippen LogP contribution in [0, 0.1) is 0 Å². The fourth-order valence-electron chi connectivity index (χ4n) is 4.60. The Morgan fingerprint density at radius 1 is 0.909 bits per heavy atom. The first-order valence-electron chi connectivity index (χ1n) is 11.9. The zero-order chi connectivity index (χ0) is 22.0. The van der Waals surface area contributed by atoms with Crippen molar-refractivity contribution in [3.8, 4) is 11.1 Å². The van der Waals surface area contributed by atoms with Crippen LogP contribution in [0.4, 0.5) is 11.8 Å². The molecular weight excluding hydrogens is 410 g/mol. The predicted octanol–water partition coefficient (Wildman–Crippen LogP) is 4.24. The Hall–Kier alpha value is -3.45. The van der Waals surface area contributed by atoms with Gasteiger partial charge in [-0.25, -0.2) is 4.98 Å². The van der Waals surface area contributed by atoms with Crippen molar-refractivity contribution in [1.82, 2.24) is 24.8 Å². The molecule has 2 aromatic carbocycles. The van der Waals surface area contributed by atoms with Crippen molar-refractivity contribution < 1.29 is 0 Å². The number of benzene rings is 2.